The molecule has 0 saturated carbocycles. The lowest BCUT2D eigenvalue weighted by Crippen LogP contribution is -2.50. The molecule has 0 aromatic carbocycles. The van der Waals surface area contributed by atoms with Gasteiger partial charge in [-0.05, 0) is 51.4 Å². The summed E-state index contributed by atoms with van der Waals surface area (Å²) in [6, 6.07) is -0.830. The summed E-state index contributed by atoms with van der Waals surface area (Å²) in [4.78, 5) is 12.5. The third-order valence-corrected chi connectivity index (χ3v) is 13.3. The van der Waals surface area contributed by atoms with E-state index < -0.39 is 18.2 Å². The fraction of sp³-hybridized carbons (Fsp3) is 0.912. The van der Waals surface area contributed by atoms with Gasteiger partial charge in [0.15, 0.2) is 0 Å². The summed E-state index contributed by atoms with van der Waals surface area (Å²) < 4.78 is 0. The van der Waals surface area contributed by atoms with Gasteiger partial charge < -0.3 is 20.6 Å². The van der Waals surface area contributed by atoms with E-state index in [2.05, 4.69) is 43.5 Å². The van der Waals surface area contributed by atoms with Crippen molar-refractivity contribution in [1.29, 1.82) is 0 Å². The topological polar surface area (TPSA) is 89.8 Å². The third-order valence-electron chi connectivity index (χ3n) is 13.3. The molecule has 1 amide bonds. The van der Waals surface area contributed by atoms with Crippen LogP contribution in [-0.2, 0) is 4.79 Å². The Bertz CT molecular complexity index is 920. The highest BCUT2D eigenvalue weighted by Gasteiger charge is 2.26. The van der Waals surface area contributed by atoms with Crippen LogP contribution in [0.2, 0.25) is 0 Å². The van der Waals surface area contributed by atoms with Crippen molar-refractivity contribution in [3.8, 4) is 0 Å². The smallest absolute Gasteiger partial charge is 0.220 e. The minimum atomic E-state index is -1.16. The Balaban J connectivity index is 3.58. The fourth-order valence-corrected chi connectivity index (χ4v) is 8.95. The van der Waals surface area contributed by atoms with E-state index in [1.54, 1.807) is 0 Å². The van der Waals surface area contributed by atoms with Crippen molar-refractivity contribution in [3.05, 3.63) is 24.3 Å². The molecule has 0 aromatic heterocycles. The van der Waals surface area contributed by atoms with Gasteiger partial charge in [-0.2, -0.15) is 0 Å². The Hall–Kier alpha value is -1.17. The van der Waals surface area contributed by atoms with Crippen LogP contribution in [0.25, 0.3) is 0 Å². The summed E-state index contributed by atoms with van der Waals surface area (Å²) >= 11 is 0. The van der Waals surface area contributed by atoms with Crippen molar-refractivity contribution in [2.24, 2.45) is 0 Å². The molecule has 0 saturated heterocycles. The van der Waals surface area contributed by atoms with E-state index in [0.29, 0.717) is 12.8 Å². The molecule has 0 aromatic rings. The maximum absolute atomic E-state index is 12.5. The number of carbonyl (C=O) groups excluding carboxylic acids is 1. The molecule has 0 spiro atoms. The summed E-state index contributed by atoms with van der Waals surface area (Å²) in [5.41, 5.74) is 0. The molecule has 3 unspecified atom stereocenters. The SMILES string of the molecule is CCCCCCCCCCCCCCCCC/C=C/CC/C=C/CCCC(O)C(O)C(CO)NC(=O)CCCCCCCCCCCCCCCCCCCCCCCCCC. The molecule has 62 heavy (non-hydrogen) atoms. The quantitative estimate of drug-likeness (QED) is 0.0362. The molecular weight excluding hydrogens is 763 g/mol. The lowest BCUT2D eigenvalue weighted by Gasteiger charge is -2.26. The van der Waals surface area contributed by atoms with Gasteiger partial charge in [0.1, 0.15) is 6.10 Å². The Kier molecular flexibility index (Phi) is 51.5. The number of unbranched alkanes of at least 4 members (excludes halogenated alkanes) is 40. The number of aliphatic hydroxyl groups is 3. The summed E-state index contributed by atoms with van der Waals surface area (Å²) in [6.45, 7) is 4.20. The van der Waals surface area contributed by atoms with Gasteiger partial charge in [-0.25, -0.2) is 0 Å². The highest BCUT2D eigenvalue weighted by atomic mass is 16.3. The fourth-order valence-electron chi connectivity index (χ4n) is 8.95. The van der Waals surface area contributed by atoms with E-state index in [4.69, 9.17) is 0 Å². The van der Waals surface area contributed by atoms with Gasteiger partial charge in [-0.3, -0.25) is 4.79 Å². The average Bonchev–Trinajstić information content (AvgIpc) is 3.28. The van der Waals surface area contributed by atoms with Crippen molar-refractivity contribution < 1.29 is 20.1 Å². The van der Waals surface area contributed by atoms with Gasteiger partial charge in [0.2, 0.25) is 5.91 Å². The molecule has 0 aliphatic heterocycles. The first-order valence-corrected chi connectivity index (χ1v) is 28.1. The molecule has 0 heterocycles. The van der Waals surface area contributed by atoms with Crippen molar-refractivity contribution >= 4 is 5.91 Å². The van der Waals surface area contributed by atoms with Gasteiger partial charge in [0, 0.05) is 6.42 Å². The van der Waals surface area contributed by atoms with Gasteiger partial charge in [-0.15, -0.1) is 0 Å². The second kappa shape index (κ2) is 52.5. The largest absolute Gasteiger partial charge is 0.394 e. The lowest BCUT2D eigenvalue weighted by molar-refractivity contribution is -0.124. The normalized spacial score (nSPS) is 13.4. The van der Waals surface area contributed by atoms with E-state index in [-0.39, 0.29) is 12.5 Å². The minimum absolute atomic E-state index is 0.152. The molecule has 5 nitrogen and oxygen atoms in total. The molecule has 0 radical (unpaired) electrons. The number of rotatable bonds is 52. The summed E-state index contributed by atoms with van der Waals surface area (Å²) in [7, 11) is 0. The van der Waals surface area contributed by atoms with Crippen molar-refractivity contribution in [3.63, 3.8) is 0 Å². The lowest BCUT2D eigenvalue weighted by atomic mass is 10.0. The first kappa shape index (κ1) is 60.8. The number of nitrogens with one attached hydrogen (secondary N) is 1. The number of hydrogen-bond donors (Lipinski definition) is 4. The highest BCUT2D eigenvalue weighted by Crippen LogP contribution is 2.18. The number of allylic oxidation sites excluding steroid dienone is 4. The first-order chi connectivity index (χ1) is 30.6. The zero-order chi connectivity index (χ0) is 45.1. The molecule has 5 heteroatoms. The summed E-state index contributed by atoms with van der Waals surface area (Å²) in [5, 5.41) is 33.7. The van der Waals surface area contributed by atoms with Gasteiger partial charge in [-0.1, -0.05) is 276 Å². The maximum Gasteiger partial charge on any atom is 0.220 e. The van der Waals surface area contributed by atoms with E-state index in [1.165, 1.54) is 238 Å². The Morgan fingerprint density at radius 3 is 0.984 bits per heavy atom. The monoisotopic (exact) mass is 874 g/mol. The number of carbonyl (C=O) groups is 1. The Morgan fingerprint density at radius 2 is 0.661 bits per heavy atom. The van der Waals surface area contributed by atoms with Crippen LogP contribution in [0.15, 0.2) is 24.3 Å². The zero-order valence-corrected chi connectivity index (χ0v) is 42.0. The average molecular weight is 875 g/mol. The van der Waals surface area contributed by atoms with Crippen LogP contribution in [0.1, 0.15) is 309 Å². The molecule has 0 bridgehead atoms. The number of aliphatic hydroxyl groups excluding tert-OH is 3. The van der Waals surface area contributed by atoms with Crippen molar-refractivity contribution in [2.75, 3.05) is 6.61 Å². The van der Waals surface area contributed by atoms with Crippen LogP contribution in [-0.4, -0.2) is 46.1 Å². The van der Waals surface area contributed by atoms with Crippen LogP contribution in [0, 0.1) is 0 Å². The Labute approximate surface area is 388 Å². The molecule has 4 N–H and O–H groups in total. The molecule has 0 fully saturated rings. The van der Waals surface area contributed by atoms with Crippen LogP contribution < -0.4 is 5.32 Å². The van der Waals surface area contributed by atoms with Crippen LogP contribution in [0.4, 0.5) is 0 Å². The predicted octanol–water partition coefficient (Wildman–Crippen LogP) is 17.3. The molecule has 0 rings (SSSR count). The molecule has 0 aliphatic carbocycles. The maximum atomic E-state index is 12.5. The van der Waals surface area contributed by atoms with Crippen LogP contribution >= 0.6 is 0 Å². The minimum Gasteiger partial charge on any atom is -0.394 e. The van der Waals surface area contributed by atoms with Gasteiger partial charge >= 0.3 is 0 Å². The van der Waals surface area contributed by atoms with Crippen LogP contribution in [0.5, 0.6) is 0 Å². The molecule has 0 aliphatic rings. The second-order valence-corrected chi connectivity index (χ2v) is 19.5. The summed E-state index contributed by atoms with van der Waals surface area (Å²) in [6.07, 6.45) is 66.2. The standard InChI is InChI=1S/C57H111NO4/c1-3-5-7-9-11-13-15-17-19-21-23-25-27-29-31-33-35-37-39-41-43-45-47-49-51-55(60)57(62)54(53-59)58-56(61)52-50-48-46-44-42-40-38-36-34-32-30-28-26-24-22-20-18-16-14-12-10-8-6-4-2/h35,37,43,45,54-55,57,59-60,62H,3-34,36,38-42,44,46-53H2,1-2H3,(H,58,61)/b37-35+,45-43+. The molecule has 368 valence electrons. The van der Waals surface area contributed by atoms with Crippen molar-refractivity contribution in [2.45, 2.75) is 327 Å². The molecule has 3 atom stereocenters. The van der Waals surface area contributed by atoms with Gasteiger partial charge in [0.05, 0.1) is 18.8 Å². The van der Waals surface area contributed by atoms with E-state index in [1.807, 2.05) is 0 Å². The molecular formula is C57H111NO4. The van der Waals surface area contributed by atoms with E-state index >= 15 is 0 Å². The predicted molar refractivity (Wildman–Crippen MR) is 273 cm³/mol. The highest BCUT2D eigenvalue weighted by molar-refractivity contribution is 5.76. The number of amides is 1. The van der Waals surface area contributed by atoms with Crippen molar-refractivity contribution in [1.82, 2.24) is 5.32 Å². The van der Waals surface area contributed by atoms with Crippen LogP contribution in [0.3, 0.4) is 0 Å². The van der Waals surface area contributed by atoms with E-state index in [9.17, 15) is 20.1 Å². The third kappa shape index (κ3) is 46.8. The zero-order valence-electron chi connectivity index (χ0n) is 42.0. The van der Waals surface area contributed by atoms with Gasteiger partial charge in [0.25, 0.3) is 0 Å². The first-order valence-electron chi connectivity index (χ1n) is 28.1. The Morgan fingerprint density at radius 1 is 0.387 bits per heavy atom. The van der Waals surface area contributed by atoms with E-state index in [0.717, 1.165) is 44.9 Å². The summed E-state index contributed by atoms with van der Waals surface area (Å²) in [5.74, 6) is -0.152. The second-order valence-electron chi connectivity index (χ2n) is 19.5. The number of hydrogen-bond acceptors (Lipinski definition) is 4.